The molecule has 2 aromatic carbocycles. The van der Waals surface area contributed by atoms with Gasteiger partial charge in [-0.3, -0.25) is 9.59 Å². The number of para-hydroxylation sites is 1. The predicted molar refractivity (Wildman–Crippen MR) is 94.1 cm³/mol. The molecule has 0 saturated carbocycles. The lowest BCUT2D eigenvalue weighted by molar-refractivity contribution is -0.115. The van der Waals surface area contributed by atoms with Crippen LogP contribution in [0.15, 0.2) is 65.2 Å². The Hall–Kier alpha value is -3.41. The number of hydrogen-bond acceptors (Lipinski definition) is 4. The van der Waals surface area contributed by atoms with Gasteiger partial charge in [0.25, 0.3) is 5.91 Å². The number of nitrogens with zero attached hydrogens (tertiary/aromatic N) is 1. The zero-order valence-electron chi connectivity index (χ0n) is 13.7. The molecule has 3 rings (SSSR count). The molecule has 0 radical (unpaired) electrons. The van der Waals surface area contributed by atoms with E-state index >= 15 is 0 Å². The van der Waals surface area contributed by atoms with E-state index in [-0.39, 0.29) is 18.2 Å². The van der Waals surface area contributed by atoms with Crippen molar-refractivity contribution in [3.05, 3.63) is 71.9 Å². The van der Waals surface area contributed by atoms with Crippen molar-refractivity contribution < 1.29 is 14.1 Å². The van der Waals surface area contributed by atoms with Gasteiger partial charge in [-0.1, -0.05) is 47.6 Å². The summed E-state index contributed by atoms with van der Waals surface area (Å²) in [5, 5.41) is 9.22. The quantitative estimate of drug-likeness (QED) is 0.751. The third-order valence-corrected chi connectivity index (χ3v) is 3.63. The third-order valence-electron chi connectivity index (χ3n) is 3.63. The molecule has 0 aliphatic carbocycles. The van der Waals surface area contributed by atoms with E-state index in [0.717, 1.165) is 5.56 Å². The van der Waals surface area contributed by atoms with Gasteiger partial charge in [0.15, 0.2) is 5.76 Å². The van der Waals surface area contributed by atoms with Crippen molar-refractivity contribution in [3.8, 4) is 11.3 Å². The number of aromatic nitrogens is 1. The normalized spacial score (nSPS) is 10.3. The van der Waals surface area contributed by atoms with Crippen molar-refractivity contribution in [3.63, 3.8) is 0 Å². The molecule has 0 bridgehead atoms. The lowest BCUT2D eigenvalue weighted by Crippen LogP contribution is -2.22. The van der Waals surface area contributed by atoms with Crippen LogP contribution in [0.3, 0.4) is 0 Å². The maximum Gasteiger partial charge on any atom is 0.253 e. The largest absolute Gasteiger partial charge is 0.356 e. The van der Waals surface area contributed by atoms with Gasteiger partial charge in [-0.25, -0.2) is 0 Å². The highest BCUT2D eigenvalue weighted by atomic mass is 16.5. The summed E-state index contributed by atoms with van der Waals surface area (Å²) < 4.78 is 5.29. The molecule has 2 amide bonds. The fraction of sp³-hybridized carbons (Fsp3) is 0.105. The molecule has 1 heterocycles. The molecule has 0 aliphatic rings. The zero-order chi connectivity index (χ0) is 17.6. The van der Waals surface area contributed by atoms with Crippen LogP contribution in [0.25, 0.3) is 11.3 Å². The predicted octanol–water partition coefficient (Wildman–Crippen LogP) is 2.88. The highest BCUT2D eigenvalue weighted by Gasteiger charge is 2.14. The van der Waals surface area contributed by atoms with Crippen molar-refractivity contribution in [1.82, 2.24) is 10.5 Å². The van der Waals surface area contributed by atoms with Gasteiger partial charge in [0.05, 0.1) is 23.4 Å². The average Bonchev–Trinajstić information content (AvgIpc) is 3.10. The first kappa shape index (κ1) is 16.4. The fourth-order valence-corrected chi connectivity index (χ4v) is 2.42. The number of nitrogens with one attached hydrogen (secondary N) is 2. The first-order valence-electron chi connectivity index (χ1n) is 7.79. The molecule has 6 heteroatoms. The number of carbonyl (C=O) groups excluding carboxylic acids is 2. The summed E-state index contributed by atoms with van der Waals surface area (Å²) in [4.78, 5) is 24.1. The number of hydrogen-bond donors (Lipinski definition) is 2. The Morgan fingerprint density at radius 2 is 1.76 bits per heavy atom. The lowest BCUT2D eigenvalue weighted by atomic mass is 10.1. The molecule has 0 saturated heterocycles. The first-order valence-corrected chi connectivity index (χ1v) is 7.79. The van der Waals surface area contributed by atoms with Crippen LogP contribution in [0, 0.1) is 0 Å². The van der Waals surface area contributed by atoms with Crippen molar-refractivity contribution in [2.45, 2.75) is 6.42 Å². The SMILES string of the molecule is CNC(=O)c1ccccc1NC(=O)Cc1cc(-c2ccccc2)on1. The standard InChI is InChI=1S/C19H17N3O3/c1-20-19(24)15-9-5-6-10-16(15)21-18(23)12-14-11-17(25-22-14)13-7-3-2-4-8-13/h2-11H,12H2,1H3,(H,20,24)(H,21,23). The van der Waals surface area contributed by atoms with E-state index in [4.69, 9.17) is 4.52 Å². The fourth-order valence-electron chi connectivity index (χ4n) is 2.42. The summed E-state index contributed by atoms with van der Waals surface area (Å²) in [6.45, 7) is 0. The highest BCUT2D eigenvalue weighted by Crippen LogP contribution is 2.20. The van der Waals surface area contributed by atoms with Crippen molar-refractivity contribution in [2.24, 2.45) is 0 Å². The summed E-state index contributed by atoms with van der Waals surface area (Å²) in [6, 6.07) is 18.1. The van der Waals surface area contributed by atoms with Gasteiger partial charge < -0.3 is 15.2 Å². The molecule has 25 heavy (non-hydrogen) atoms. The molecule has 126 valence electrons. The van der Waals surface area contributed by atoms with E-state index in [1.807, 2.05) is 30.3 Å². The van der Waals surface area contributed by atoms with E-state index in [1.165, 1.54) is 0 Å². The van der Waals surface area contributed by atoms with Crippen LogP contribution in [0.2, 0.25) is 0 Å². The third kappa shape index (κ3) is 3.92. The van der Waals surface area contributed by atoms with Gasteiger partial charge in [-0.2, -0.15) is 0 Å². The van der Waals surface area contributed by atoms with E-state index < -0.39 is 0 Å². The van der Waals surface area contributed by atoms with E-state index in [1.54, 1.807) is 37.4 Å². The number of carbonyl (C=O) groups is 2. The summed E-state index contributed by atoms with van der Waals surface area (Å²) in [7, 11) is 1.54. The minimum absolute atomic E-state index is 0.0540. The van der Waals surface area contributed by atoms with Gasteiger partial charge in [-0.15, -0.1) is 0 Å². The number of anilines is 1. The molecule has 0 unspecified atom stereocenters. The van der Waals surface area contributed by atoms with Gasteiger partial charge >= 0.3 is 0 Å². The lowest BCUT2D eigenvalue weighted by Gasteiger charge is -2.09. The van der Waals surface area contributed by atoms with Gasteiger partial charge in [0.2, 0.25) is 5.91 Å². The maximum absolute atomic E-state index is 12.3. The summed E-state index contributed by atoms with van der Waals surface area (Å²) in [5.74, 6) is 0.0714. The molecule has 3 aromatic rings. The maximum atomic E-state index is 12.3. The summed E-state index contributed by atoms with van der Waals surface area (Å²) in [5.41, 5.74) is 2.28. The molecule has 6 nitrogen and oxygen atoms in total. The van der Waals surface area contributed by atoms with Crippen LogP contribution in [0.1, 0.15) is 16.1 Å². The molecule has 0 spiro atoms. The van der Waals surface area contributed by atoms with Gasteiger partial charge in [0.1, 0.15) is 0 Å². The molecule has 0 atom stereocenters. The zero-order valence-corrected chi connectivity index (χ0v) is 13.7. The average molecular weight is 335 g/mol. The number of benzene rings is 2. The van der Waals surface area contributed by atoms with Crippen molar-refractivity contribution >= 4 is 17.5 Å². The van der Waals surface area contributed by atoms with Crippen LogP contribution >= 0.6 is 0 Å². The number of amides is 2. The molecular formula is C19H17N3O3. The molecule has 2 N–H and O–H groups in total. The minimum Gasteiger partial charge on any atom is -0.356 e. The second-order valence-electron chi connectivity index (χ2n) is 5.40. The Morgan fingerprint density at radius 1 is 1.04 bits per heavy atom. The van der Waals surface area contributed by atoms with E-state index in [9.17, 15) is 9.59 Å². The molecular weight excluding hydrogens is 318 g/mol. The van der Waals surface area contributed by atoms with Crippen LogP contribution < -0.4 is 10.6 Å². The Kier molecular flexibility index (Phi) is 4.89. The Bertz CT molecular complexity index is 888. The van der Waals surface area contributed by atoms with Crippen LogP contribution in [0.5, 0.6) is 0 Å². The van der Waals surface area contributed by atoms with Gasteiger partial charge in [0, 0.05) is 18.7 Å². The summed E-state index contributed by atoms with van der Waals surface area (Å²) in [6.07, 6.45) is 0.0540. The topological polar surface area (TPSA) is 84.2 Å². The number of rotatable bonds is 5. The monoisotopic (exact) mass is 335 g/mol. The smallest absolute Gasteiger partial charge is 0.253 e. The second-order valence-corrected chi connectivity index (χ2v) is 5.40. The van der Waals surface area contributed by atoms with E-state index in [2.05, 4.69) is 15.8 Å². The molecule has 0 aliphatic heterocycles. The van der Waals surface area contributed by atoms with Crippen LogP contribution in [-0.4, -0.2) is 24.0 Å². The van der Waals surface area contributed by atoms with Crippen molar-refractivity contribution in [2.75, 3.05) is 12.4 Å². The summed E-state index contributed by atoms with van der Waals surface area (Å²) >= 11 is 0. The van der Waals surface area contributed by atoms with Gasteiger partial charge in [-0.05, 0) is 12.1 Å². The van der Waals surface area contributed by atoms with Crippen molar-refractivity contribution in [1.29, 1.82) is 0 Å². The Balaban J connectivity index is 1.70. The molecule has 0 fully saturated rings. The first-order chi connectivity index (χ1) is 12.2. The van der Waals surface area contributed by atoms with Crippen LogP contribution in [0.4, 0.5) is 5.69 Å². The van der Waals surface area contributed by atoms with Crippen LogP contribution in [-0.2, 0) is 11.2 Å². The molecule has 1 aromatic heterocycles. The highest BCUT2D eigenvalue weighted by molar-refractivity contribution is 6.03. The second kappa shape index (κ2) is 7.44. The Labute approximate surface area is 144 Å². The Morgan fingerprint density at radius 3 is 2.52 bits per heavy atom. The van der Waals surface area contributed by atoms with E-state index in [0.29, 0.717) is 22.7 Å². The minimum atomic E-state index is -0.274.